The van der Waals surface area contributed by atoms with Gasteiger partial charge in [0.15, 0.2) is 5.69 Å². The third kappa shape index (κ3) is 3.24. The minimum absolute atomic E-state index is 0.144. The molecule has 1 fully saturated rings. The second-order valence-electron chi connectivity index (χ2n) is 6.16. The van der Waals surface area contributed by atoms with E-state index in [2.05, 4.69) is 50.7 Å². The van der Waals surface area contributed by atoms with Crippen molar-refractivity contribution >= 4 is 21.8 Å². The van der Waals surface area contributed by atoms with E-state index in [9.17, 15) is 4.79 Å². The number of aromatic nitrogens is 1. The molecular weight excluding hydrogens is 344 g/mol. The summed E-state index contributed by atoms with van der Waals surface area (Å²) in [4.78, 5) is 12.1. The highest BCUT2D eigenvalue weighted by molar-refractivity contribution is 9.10. The smallest absolute Gasteiger partial charge is 0.273 e. The topological polar surface area (TPSA) is 55.1 Å². The molecule has 1 aliphatic carbocycles. The molecule has 0 radical (unpaired) electrons. The Morgan fingerprint density at radius 2 is 2.00 bits per heavy atom. The lowest BCUT2D eigenvalue weighted by Gasteiger charge is -2.36. The summed E-state index contributed by atoms with van der Waals surface area (Å²) in [5, 5.41) is 6.87. The maximum Gasteiger partial charge on any atom is 0.273 e. The second-order valence-corrected chi connectivity index (χ2v) is 7.08. The summed E-state index contributed by atoms with van der Waals surface area (Å²) < 4.78 is 6.26. The van der Waals surface area contributed by atoms with E-state index >= 15 is 0 Å². The molecule has 1 amide bonds. The van der Waals surface area contributed by atoms with Crippen molar-refractivity contribution < 1.29 is 9.32 Å². The highest BCUT2D eigenvalue weighted by atomic mass is 79.9. The molecule has 22 heavy (non-hydrogen) atoms. The molecule has 1 aromatic heterocycles. The van der Waals surface area contributed by atoms with Crippen LogP contribution >= 0.6 is 15.9 Å². The zero-order valence-electron chi connectivity index (χ0n) is 12.7. The standard InChI is InChI=1S/C17H19BrN2O2/c1-10(2)16-9-15(20-22-16)17(21)19-14-7-12(8-14)11-3-5-13(18)6-4-11/h3-6,9-10,12,14H,7-8H2,1-2H3,(H,19,21). The normalized spacial score (nSPS) is 20.7. The molecule has 1 N–H and O–H groups in total. The van der Waals surface area contributed by atoms with Gasteiger partial charge in [0, 0.05) is 22.5 Å². The van der Waals surface area contributed by atoms with Crippen LogP contribution in [-0.4, -0.2) is 17.1 Å². The maximum atomic E-state index is 12.1. The average molecular weight is 363 g/mol. The van der Waals surface area contributed by atoms with Gasteiger partial charge >= 0.3 is 0 Å². The molecule has 1 heterocycles. The van der Waals surface area contributed by atoms with Gasteiger partial charge in [-0.1, -0.05) is 47.1 Å². The van der Waals surface area contributed by atoms with Gasteiger partial charge in [0.05, 0.1) is 0 Å². The minimum atomic E-state index is -0.144. The highest BCUT2D eigenvalue weighted by Crippen LogP contribution is 2.37. The molecule has 2 aromatic rings. The van der Waals surface area contributed by atoms with Crippen molar-refractivity contribution in [3.8, 4) is 0 Å². The van der Waals surface area contributed by atoms with Crippen LogP contribution in [0.15, 0.2) is 39.3 Å². The molecule has 0 bridgehead atoms. The molecular formula is C17H19BrN2O2. The van der Waals surface area contributed by atoms with E-state index in [0.717, 1.165) is 23.1 Å². The van der Waals surface area contributed by atoms with Gasteiger partial charge in [-0.3, -0.25) is 4.79 Å². The number of carbonyl (C=O) groups excluding carboxylic acids is 1. The zero-order chi connectivity index (χ0) is 15.7. The predicted molar refractivity (Wildman–Crippen MR) is 88.0 cm³/mol. The van der Waals surface area contributed by atoms with Crippen molar-refractivity contribution in [3.05, 3.63) is 51.8 Å². The minimum Gasteiger partial charge on any atom is -0.360 e. The van der Waals surface area contributed by atoms with Gasteiger partial charge in [-0.2, -0.15) is 0 Å². The number of benzene rings is 1. The summed E-state index contributed by atoms with van der Waals surface area (Å²) in [5.41, 5.74) is 1.70. The third-order valence-electron chi connectivity index (χ3n) is 4.14. The van der Waals surface area contributed by atoms with Gasteiger partial charge in [0.1, 0.15) is 5.76 Å². The number of hydrogen-bond acceptors (Lipinski definition) is 3. The van der Waals surface area contributed by atoms with E-state index in [1.54, 1.807) is 6.07 Å². The van der Waals surface area contributed by atoms with Gasteiger partial charge in [0.2, 0.25) is 0 Å². The van der Waals surface area contributed by atoms with E-state index in [0.29, 0.717) is 11.6 Å². The van der Waals surface area contributed by atoms with E-state index in [-0.39, 0.29) is 17.9 Å². The molecule has 1 aliphatic rings. The van der Waals surface area contributed by atoms with Crippen LogP contribution in [0.1, 0.15) is 60.3 Å². The van der Waals surface area contributed by atoms with Gasteiger partial charge in [-0.25, -0.2) is 0 Å². The monoisotopic (exact) mass is 362 g/mol. The lowest BCUT2D eigenvalue weighted by molar-refractivity contribution is 0.0899. The first-order valence-corrected chi connectivity index (χ1v) is 8.35. The van der Waals surface area contributed by atoms with Crippen LogP contribution in [0.4, 0.5) is 0 Å². The lowest BCUT2D eigenvalue weighted by atomic mass is 9.76. The number of halogens is 1. The first-order chi connectivity index (χ1) is 10.5. The average Bonchev–Trinajstić information content (AvgIpc) is 2.93. The quantitative estimate of drug-likeness (QED) is 0.884. The van der Waals surface area contributed by atoms with Crippen LogP contribution in [0.25, 0.3) is 0 Å². The SMILES string of the molecule is CC(C)c1cc(C(=O)NC2CC(c3ccc(Br)cc3)C2)no1. The number of hydrogen-bond donors (Lipinski definition) is 1. The van der Waals surface area contributed by atoms with E-state index in [1.165, 1.54) is 5.56 Å². The summed E-state index contributed by atoms with van der Waals surface area (Å²) in [7, 11) is 0. The lowest BCUT2D eigenvalue weighted by Crippen LogP contribution is -2.43. The highest BCUT2D eigenvalue weighted by Gasteiger charge is 2.32. The molecule has 0 spiro atoms. The number of nitrogens with one attached hydrogen (secondary N) is 1. The van der Waals surface area contributed by atoms with Crippen molar-refractivity contribution in [2.75, 3.05) is 0 Å². The van der Waals surface area contributed by atoms with Crippen molar-refractivity contribution in [1.82, 2.24) is 10.5 Å². The molecule has 1 saturated carbocycles. The Labute approximate surface area is 138 Å². The van der Waals surface area contributed by atoms with E-state index in [1.807, 2.05) is 13.8 Å². The Kier molecular flexibility index (Phi) is 4.34. The van der Waals surface area contributed by atoms with Gasteiger partial charge in [0.25, 0.3) is 5.91 Å². The molecule has 0 saturated heterocycles. The largest absolute Gasteiger partial charge is 0.360 e. The van der Waals surface area contributed by atoms with Crippen molar-refractivity contribution in [3.63, 3.8) is 0 Å². The van der Waals surface area contributed by atoms with Crippen LogP contribution in [0.3, 0.4) is 0 Å². The van der Waals surface area contributed by atoms with Gasteiger partial charge in [-0.15, -0.1) is 0 Å². The molecule has 116 valence electrons. The number of nitrogens with zero attached hydrogens (tertiary/aromatic N) is 1. The molecule has 3 rings (SSSR count). The Morgan fingerprint density at radius 1 is 1.32 bits per heavy atom. The van der Waals surface area contributed by atoms with Crippen molar-refractivity contribution in [1.29, 1.82) is 0 Å². The fraction of sp³-hybridized carbons (Fsp3) is 0.412. The van der Waals surface area contributed by atoms with Crippen LogP contribution < -0.4 is 5.32 Å². The summed E-state index contributed by atoms with van der Waals surface area (Å²) in [5.74, 6) is 1.36. The Morgan fingerprint density at radius 3 is 2.59 bits per heavy atom. The summed E-state index contributed by atoms with van der Waals surface area (Å²) >= 11 is 3.44. The van der Waals surface area contributed by atoms with Gasteiger partial charge in [-0.05, 0) is 36.5 Å². The van der Waals surface area contributed by atoms with E-state index in [4.69, 9.17) is 4.52 Å². The third-order valence-corrected chi connectivity index (χ3v) is 4.67. The van der Waals surface area contributed by atoms with Crippen molar-refractivity contribution in [2.24, 2.45) is 0 Å². The van der Waals surface area contributed by atoms with Gasteiger partial charge < -0.3 is 9.84 Å². The molecule has 0 atom stereocenters. The number of rotatable bonds is 4. The zero-order valence-corrected chi connectivity index (χ0v) is 14.3. The fourth-order valence-electron chi connectivity index (χ4n) is 2.67. The van der Waals surface area contributed by atoms with Crippen LogP contribution in [-0.2, 0) is 0 Å². The predicted octanol–water partition coefficient (Wildman–Crippen LogP) is 4.24. The Balaban J connectivity index is 1.53. The van der Waals surface area contributed by atoms with Crippen LogP contribution in [0.5, 0.6) is 0 Å². The maximum absolute atomic E-state index is 12.1. The number of amides is 1. The summed E-state index contributed by atoms with van der Waals surface area (Å²) in [6.45, 7) is 4.02. The van der Waals surface area contributed by atoms with Crippen molar-refractivity contribution in [2.45, 2.75) is 44.6 Å². The summed E-state index contributed by atoms with van der Waals surface area (Å²) in [6, 6.07) is 10.3. The van der Waals surface area contributed by atoms with Crippen LogP contribution in [0, 0.1) is 0 Å². The first kappa shape index (κ1) is 15.3. The molecule has 0 unspecified atom stereocenters. The fourth-order valence-corrected chi connectivity index (χ4v) is 2.93. The van der Waals surface area contributed by atoms with E-state index < -0.39 is 0 Å². The van der Waals surface area contributed by atoms with Crippen LogP contribution in [0.2, 0.25) is 0 Å². The number of carbonyl (C=O) groups is 1. The molecule has 1 aromatic carbocycles. The Bertz CT molecular complexity index is 658. The molecule has 5 heteroatoms. The second kappa shape index (κ2) is 6.24. The summed E-state index contributed by atoms with van der Waals surface area (Å²) in [6.07, 6.45) is 1.95. The Hall–Kier alpha value is -1.62. The molecule has 0 aliphatic heterocycles. The molecule has 4 nitrogen and oxygen atoms in total. The first-order valence-electron chi connectivity index (χ1n) is 7.56.